The number of ether oxygens (including phenoxy) is 2. The molecule has 1 aliphatic heterocycles. The molecule has 4 atom stereocenters. The van der Waals surface area contributed by atoms with Crippen LogP contribution in [0.4, 0.5) is 0 Å². The summed E-state index contributed by atoms with van der Waals surface area (Å²) in [5, 5.41) is 27.2. The van der Waals surface area contributed by atoms with Crippen LogP contribution in [-0.4, -0.2) is 47.1 Å². The van der Waals surface area contributed by atoms with Crippen molar-refractivity contribution in [2.75, 3.05) is 6.61 Å². The van der Waals surface area contributed by atoms with E-state index in [4.69, 9.17) is 20.6 Å². The van der Waals surface area contributed by atoms with Gasteiger partial charge in [-0.25, -0.2) is 0 Å². The Labute approximate surface area is 117 Å². The Balaban J connectivity index is 2.02. The monoisotopic (exact) mass is 280 g/mol. The predicted octanol–water partition coefficient (Wildman–Crippen LogP) is 0.0185. The van der Waals surface area contributed by atoms with Crippen molar-refractivity contribution < 1.29 is 19.7 Å². The molecule has 0 radical (unpaired) electrons. The van der Waals surface area contributed by atoms with Crippen molar-refractivity contribution in [3.05, 3.63) is 35.9 Å². The molecule has 1 aromatic carbocycles. The Morgan fingerprint density at radius 3 is 2.80 bits per heavy atom. The van der Waals surface area contributed by atoms with Gasteiger partial charge in [-0.3, -0.25) is 5.41 Å². The van der Waals surface area contributed by atoms with Gasteiger partial charge >= 0.3 is 0 Å². The first-order valence-corrected chi connectivity index (χ1v) is 6.56. The summed E-state index contributed by atoms with van der Waals surface area (Å²) in [5.41, 5.74) is 6.26. The maximum atomic E-state index is 10.0. The number of benzene rings is 1. The molecule has 0 saturated carbocycles. The van der Waals surface area contributed by atoms with E-state index in [1.807, 2.05) is 30.3 Å². The summed E-state index contributed by atoms with van der Waals surface area (Å²) in [6, 6.07) is 9.52. The van der Waals surface area contributed by atoms with Crippen molar-refractivity contribution in [1.82, 2.24) is 0 Å². The highest BCUT2D eigenvalue weighted by atomic mass is 16.6. The summed E-state index contributed by atoms with van der Waals surface area (Å²) in [4.78, 5) is 0. The normalized spacial score (nSPS) is 28.0. The number of amidine groups is 1. The minimum absolute atomic E-state index is 0.299. The molecule has 0 aromatic heterocycles. The van der Waals surface area contributed by atoms with Crippen LogP contribution in [0.15, 0.2) is 30.3 Å². The van der Waals surface area contributed by atoms with Crippen molar-refractivity contribution in [3.8, 4) is 0 Å². The van der Waals surface area contributed by atoms with E-state index in [0.717, 1.165) is 5.56 Å². The zero-order chi connectivity index (χ0) is 14.5. The Hall–Kier alpha value is -1.47. The molecule has 6 nitrogen and oxygen atoms in total. The van der Waals surface area contributed by atoms with Crippen LogP contribution in [0.5, 0.6) is 0 Å². The van der Waals surface area contributed by atoms with Gasteiger partial charge in [0.2, 0.25) is 0 Å². The third-order valence-corrected chi connectivity index (χ3v) is 3.34. The lowest BCUT2D eigenvalue weighted by molar-refractivity contribution is -0.183. The van der Waals surface area contributed by atoms with Gasteiger partial charge in [0, 0.05) is 6.61 Å². The third kappa shape index (κ3) is 3.55. The van der Waals surface area contributed by atoms with E-state index >= 15 is 0 Å². The van der Waals surface area contributed by atoms with Crippen molar-refractivity contribution in [1.29, 1.82) is 5.41 Å². The minimum Gasteiger partial charge on any atom is -0.390 e. The molecule has 1 aliphatic rings. The lowest BCUT2D eigenvalue weighted by atomic mass is 9.97. The highest BCUT2D eigenvalue weighted by Crippen LogP contribution is 2.22. The number of hydrogen-bond acceptors (Lipinski definition) is 5. The number of aliphatic hydroxyl groups is 2. The molecule has 0 amide bonds. The molecular formula is C14H20N2O4. The van der Waals surface area contributed by atoms with Gasteiger partial charge in [0.1, 0.15) is 24.1 Å². The smallest absolute Gasteiger partial charge is 0.139 e. The van der Waals surface area contributed by atoms with Crippen LogP contribution >= 0.6 is 0 Å². The maximum absolute atomic E-state index is 10.0. The van der Waals surface area contributed by atoms with Gasteiger partial charge < -0.3 is 25.4 Å². The average Bonchev–Trinajstić information content (AvgIpc) is 2.46. The zero-order valence-corrected chi connectivity index (χ0v) is 11.1. The van der Waals surface area contributed by atoms with Gasteiger partial charge in [0.15, 0.2) is 0 Å². The summed E-state index contributed by atoms with van der Waals surface area (Å²) in [5.74, 6) is -0.391. The molecule has 1 saturated heterocycles. The standard InChI is InChI=1S/C14H20N2O4/c15-14(16)11(18)13-12(10(17)6-7-19-13)20-8-9-4-2-1-3-5-9/h1-5,10-13,17-18H,6-8H2,(H3,15,16)/t10-,11?,12+,13-/m1/s1. The SMILES string of the molecule is N=C(N)C(O)[C@H]1OCC[C@@H](O)[C@@H]1OCc1ccccc1. The Morgan fingerprint density at radius 1 is 1.45 bits per heavy atom. The minimum atomic E-state index is -1.27. The van der Waals surface area contributed by atoms with Crippen molar-refractivity contribution >= 4 is 5.84 Å². The molecule has 110 valence electrons. The summed E-state index contributed by atoms with van der Waals surface area (Å²) in [7, 11) is 0. The first-order chi connectivity index (χ1) is 9.59. The summed E-state index contributed by atoms with van der Waals surface area (Å²) >= 11 is 0. The molecule has 5 N–H and O–H groups in total. The summed E-state index contributed by atoms with van der Waals surface area (Å²) in [6.45, 7) is 0.606. The van der Waals surface area contributed by atoms with E-state index in [2.05, 4.69) is 0 Å². The highest BCUT2D eigenvalue weighted by molar-refractivity contribution is 5.82. The quantitative estimate of drug-likeness (QED) is 0.449. The molecule has 0 spiro atoms. The fourth-order valence-electron chi connectivity index (χ4n) is 2.22. The van der Waals surface area contributed by atoms with Crippen LogP contribution in [0.3, 0.4) is 0 Å². The van der Waals surface area contributed by atoms with Gasteiger partial charge in [-0.05, 0) is 12.0 Å². The third-order valence-electron chi connectivity index (χ3n) is 3.34. The van der Waals surface area contributed by atoms with Crippen LogP contribution in [-0.2, 0) is 16.1 Å². The number of hydrogen-bond donors (Lipinski definition) is 4. The van der Waals surface area contributed by atoms with E-state index in [1.54, 1.807) is 0 Å². The fraction of sp³-hybridized carbons (Fsp3) is 0.500. The van der Waals surface area contributed by atoms with Crippen LogP contribution in [0, 0.1) is 5.41 Å². The van der Waals surface area contributed by atoms with Crippen LogP contribution in [0.25, 0.3) is 0 Å². The number of aliphatic hydroxyl groups excluding tert-OH is 2. The molecular weight excluding hydrogens is 260 g/mol. The van der Waals surface area contributed by atoms with E-state index in [1.165, 1.54) is 0 Å². The predicted molar refractivity (Wildman–Crippen MR) is 73.3 cm³/mol. The zero-order valence-electron chi connectivity index (χ0n) is 11.1. The van der Waals surface area contributed by atoms with Crippen LogP contribution < -0.4 is 5.73 Å². The lowest BCUT2D eigenvalue weighted by Crippen LogP contribution is -2.55. The molecule has 20 heavy (non-hydrogen) atoms. The number of nitrogens with one attached hydrogen (secondary N) is 1. The first kappa shape index (κ1) is 14.9. The molecule has 0 bridgehead atoms. The molecule has 1 aromatic rings. The first-order valence-electron chi connectivity index (χ1n) is 6.56. The average molecular weight is 280 g/mol. The second-order valence-electron chi connectivity index (χ2n) is 4.85. The maximum Gasteiger partial charge on any atom is 0.139 e. The molecule has 1 unspecified atom stereocenters. The second-order valence-corrected chi connectivity index (χ2v) is 4.85. The summed E-state index contributed by atoms with van der Waals surface area (Å²) < 4.78 is 11.1. The Morgan fingerprint density at radius 2 is 2.15 bits per heavy atom. The Bertz CT molecular complexity index is 440. The van der Waals surface area contributed by atoms with Gasteiger partial charge in [-0.2, -0.15) is 0 Å². The van der Waals surface area contributed by atoms with E-state index in [9.17, 15) is 10.2 Å². The topological polar surface area (TPSA) is 109 Å². The van der Waals surface area contributed by atoms with Gasteiger partial charge in [0.25, 0.3) is 0 Å². The van der Waals surface area contributed by atoms with E-state index < -0.39 is 30.3 Å². The van der Waals surface area contributed by atoms with Crippen molar-refractivity contribution in [2.45, 2.75) is 37.4 Å². The highest BCUT2D eigenvalue weighted by Gasteiger charge is 2.39. The Kier molecular flexibility index (Phi) is 5.08. The van der Waals surface area contributed by atoms with E-state index in [-0.39, 0.29) is 0 Å². The number of rotatable bonds is 5. The number of nitrogens with two attached hydrogens (primary N) is 1. The second kappa shape index (κ2) is 6.81. The molecule has 2 rings (SSSR count). The van der Waals surface area contributed by atoms with Crippen molar-refractivity contribution in [3.63, 3.8) is 0 Å². The van der Waals surface area contributed by atoms with E-state index in [0.29, 0.717) is 19.6 Å². The largest absolute Gasteiger partial charge is 0.390 e. The molecule has 1 heterocycles. The molecule has 6 heteroatoms. The fourth-order valence-corrected chi connectivity index (χ4v) is 2.22. The summed E-state index contributed by atoms with van der Waals surface area (Å²) in [6.07, 6.45) is -3.11. The lowest BCUT2D eigenvalue weighted by Gasteiger charge is -2.37. The van der Waals surface area contributed by atoms with Gasteiger partial charge in [-0.1, -0.05) is 30.3 Å². The van der Waals surface area contributed by atoms with Gasteiger partial charge in [-0.15, -0.1) is 0 Å². The molecule has 1 fully saturated rings. The van der Waals surface area contributed by atoms with Crippen LogP contribution in [0.1, 0.15) is 12.0 Å². The van der Waals surface area contributed by atoms with Crippen LogP contribution in [0.2, 0.25) is 0 Å². The van der Waals surface area contributed by atoms with Crippen molar-refractivity contribution in [2.24, 2.45) is 5.73 Å². The molecule has 0 aliphatic carbocycles. The van der Waals surface area contributed by atoms with Gasteiger partial charge in [0.05, 0.1) is 12.7 Å².